The highest BCUT2D eigenvalue weighted by Crippen LogP contribution is 2.33. The fourth-order valence-electron chi connectivity index (χ4n) is 3.45. The Labute approximate surface area is 157 Å². The van der Waals surface area contributed by atoms with Crippen molar-refractivity contribution in [2.45, 2.75) is 38.4 Å². The molecule has 0 bridgehead atoms. The zero-order valence-corrected chi connectivity index (χ0v) is 15.0. The van der Waals surface area contributed by atoms with Gasteiger partial charge < -0.3 is 24.3 Å². The minimum absolute atomic E-state index is 0.00577. The number of aryl methyl sites for hydroxylation is 1. The third kappa shape index (κ3) is 3.89. The standard InChI is InChI=1S/C19H22N4O4/c24-18-5-3-15(19(25)21-6-1-8-22-9-7-20-12-22)23(18)11-14-2-4-16-17(10-14)27-13-26-16/h2,4,7,9-10,12,15H,1,3,5-6,8,11,13H2,(H,21,25). The van der Waals surface area contributed by atoms with Gasteiger partial charge in [-0.05, 0) is 30.5 Å². The maximum atomic E-state index is 12.6. The molecule has 27 heavy (non-hydrogen) atoms. The molecule has 2 aliphatic rings. The Morgan fingerprint density at radius 1 is 1.30 bits per heavy atom. The Morgan fingerprint density at radius 3 is 3.04 bits per heavy atom. The third-order valence-corrected chi connectivity index (χ3v) is 4.87. The average molecular weight is 370 g/mol. The molecule has 1 atom stereocenters. The Kier molecular flexibility index (Phi) is 4.95. The molecule has 1 unspecified atom stereocenters. The number of ether oxygens (including phenoxy) is 2. The second kappa shape index (κ2) is 7.69. The summed E-state index contributed by atoms with van der Waals surface area (Å²) in [5.41, 5.74) is 0.924. The van der Waals surface area contributed by atoms with Crippen LogP contribution in [-0.4, -0.2) is 45.6 Å². The molecule has 1 aromatic heterocycles. The highest BCUT2D eigenvalue weighted by molar-refractivity contribution is 5.90. The zero-order valence-electron chi connectivity index (χ0n) is 15.0. The van der Waals surface area contributed by atoms with Crippen LogP contribution in [0, 0.1) is 0 Å². The van der Waals surface area contributed by atoms with E-state index in [-0.39, 0.29) is 18.6 Å². The first kappa shape index (κ1) is 17.4. The first-order valence-corrected chi connectivity index (χ1v) is 9.12. The van der Waals surface area contributed by atoms with Gasteiger partial charge in [0, 0.05) is 38.4 Å². The number of nitrogens with one attached hydrogen (secondary N) is 1. The van der Waals surface area contributed by atoms with Crippen LogP contribution in [0.4, 0.5) is 0 Å². The van der Waals surface area contributed by atoms with E-state index in [2.05, 4.69) is 10.3 Å². The fraction of sp³-hybridized carbons (Fsp3) is 0.421. The lowest BCUT2D eigenvalue weighted by atomic mass is 10.1. The lowest BCUT2D eigenvalue weighted by Gasteiger charge is -2.24. The van der Waals surface area contributed by atoms with Gasteiger partial charge in [-0.1, -0.05) is 6.07 Å². The number of amides is 2. The molecule has 2 aliphatic heterocycles. The van der Waals surface area contributed by atoms with E-state index in [0.717, 1.165) is 18.5 Å². The second-order valence-corrected chi connectivity index (χ2v) is 6.71. The molecule has 2 aromatic rings. The van der Waals surface area contributed by atoms with Gasteiger partial charge in [0.2, 0.25) is 18.6 Å². The van der Waals surface area contributed by atoms with E-state index in [1.54, 1.807) is 17.4 Å². The molecule has 0 saturated carbocycles. The van der Waals surface area contributed by atoms with Crippen molar-refractivity contribution in [3.63, 3.8) is 0 Å². The minimum atomic E-state index is -0.420. The van der Waals surface area contributed by atoms with Crippen molar-refractivity contribution in [1.82, 2.24) is 19.8 Å². The van der Waals surface area contributed by atoms with E-state index < -0.39 is 6.04 Å². The molecule has 1 saturated heterocycles. The summed E-state index contributed by atoms with van der Waals surface area (Å²) >= 11 is 0. The van der Waals surface area contributed by atoms with Gasteiger partial charge in [0.05, 0.1) is 6.33 Å². The Hall–Kier alpha value is -3.03. The van der Waals surface area contributed by atoms with Crippen molar-refractivity contribution in [1.29, 1.82) is 0 Å². The summed E-state index contributed by atoms with van der Waals surface area (Å²) < 4.78 is 12.7. The smallest absolute Gasteiger partial charge is 0.242 e. The number of fused-ring (bicyclic) bond motifs is 1. The molecular weight excluding hydrogens is 348 g/mol. The van der Waals surface area contributed by atoms with E-state index in [1.165, 1.54) is 0 Å². The van der Waals surface area contributed by atoms with Gasteiger partial charge in [0.15, 0.2) is 11.5 Å². The monoisotopic (exact) mass is 370 g/mol. The van der Waals surface area contributed by atoms with E-state index in [4.69, 9.17) is 9.47 Å². The number of hydrogen-bond donors (Lipinski definition) is 1. The van der Waals surface area contributed by atoms with Crippen LogP contribution in [0.5, 0.6) is 11.5 Å². The lowest BCUT2D eigenvalue weighted by Crippen LogP contribution is -2.44. The van der Waals surface area contributed by atoms with Crippen LogP contribution in [0.3, 0.4) is 0 Å². The van der Waals surface area contributed by atoms with Gasteiger partial charge in [0.25, 0.3) is 0 Å². The van der Waals surface area contributed by atoms with Crippen LogP contribution in [0.15, 0.2) is 36.9 Å². The maximum Gasteiger partial charge on any atom is 0.242 e. The predicted octanol–water partition coefficient (Wildman–Crippen LogP) is 1.31. The maximum absolute atomic E-state index is 12.6. The van der Waals surface area contributed by atoms with Crippen molar-refractivity contribution < 1.29 is 19.1 Å². The fourth-order valence-corrected chi connectivity index (χ4v) is 3.45. The SMILES string of the molecule is O=C(NCCCn1ccnc1)C1CCC(=O)N1Cc1ccc2c(c1)OCO2. The summed E-state index contributed by atoms with van der Waals surface area (Å²) in [6.45, 7) is 1.97. The van der Waals surface area contributed by atoms with E-state index in [0.29, 0.717) is 37.4 Å². The molecule has 8 heteroatoms. The summed E-state index contributed by atoms with van der Waals surface area (Å²) in [6, 6.07) is 5.19. The first-order valence-electron chi connectivity index (χ1n) is 9.12. The number of hydrogen-bond acceptors (Lipinski definition) is 5. The van der Waals surface area contributed by atoms with E-state index in [1.807, 2.05) is 29.0 Å². The van der Waals surface area contributed by atoms with Gasteiger partial charge in [-0.25, -0.2) is 4.98 Å². The highest BCUT2D eigenvalue weighted by Gasteiger charge is 2.35. The number of carbonyl (C=O) groups excluding carboxylic acids is 2. The highest BCUT2D eigenvalue weighted by atomic mass is 16.7. The number of nitrogens with zero attached hydrogens (tertiary/aromatic N) is 3. The van der Waals surface area contributed by atoms with Crippen molar-refractivity contribution >= 4 is 11.8 Å². The number of rotatable bonds is 7. The van der Waals surface area contributed by atoms with Crippen LogP contribution in [0.25, 0.3) is 0 Å². The predicted molar refractivity (Wildman–Crippen MR) is 96.0 cm³/mol. The molecular formula is C19H22N4O4. The normalized spacial score (nSPS) is 18.1. The molecule has 0 radical (unpaired) electrons. The molecule has 0 spiro atoms. The van der Waals surface area contributed by atoms with Gasteiger partial charge >= 0.3 is 0 Å². The zero-order chi connectivity index (χ0) is 18.6. The molecule has 8 nitrogen and oxygen atoms in total. The Balaban J connectivity index is 1.32. The largest absolute Gasteiger partial charge is 0.454 e. The quantitative estimate of drug-likeness (QED) is 0.743. The lowest BCUT2D eigenvalue weighted by molar-refractivity contribution is -0.135. The number of imidazole rings is 1. The van der Waals surface area contributed by atoms with Crippen LogP contribution in [0.1, 0.15) is 24.8 Å². The number of carbonyl (C=O) groups is 2. The van der Waals surface area contributed by atoms with Crippen LogP contribution < -0.4 is 14.8 Å². The van der Waals surface area contributed by atoms with E-state index >= 15 is 0 Å². The third-order valence-electron chi connectivity index (χ3n) is 4.87. The van der Waals surface area contributed by atoms with Crippen LogP contribution in [0.2, 0.25) is 0 Å². The molecule has 0 aliphatic carbocycles. The number of likely N-dealkylation sites (tertiary alicyclic amines) is 1. The van der Waals surface area contributed by atoms with Crippen LogP contribution in [-0.2, 0) is 22.7 Å². The molecule has 1 fully saturated rings. The van der Waals surface area contributed by atoms with Gasteiger partial charge in [-0.2, -0.15) is 0 Å². The molecule has 2 amide bonds. The second-order valence-electron chi connectivity index (χ2n) is 6.71. The molecule has 4 rings (SSSR count). The van der Waals surface area contributed by atoms with Gasteiger partial charge in [-0.3, -0.25) is 9.59 Å². The summed E-state index contributed by atoms with van der Waals surface area (Å²) in [5.74, 6) is 1.30. The van der Waals surface area contributed by atoms with Crippen molar-refractivity contribution in [3.8, 4) is 11.5 Å². The molecule has 1 N–H and O–H groups in total. The summed E-state index contributed by atoms with van der Waals surface area (Å²) in [6.07, 6.45) is 7.14. The van der Waals surface area contributed by atoms with Gasteiger partial charge in [0.1, 0.15) is 6.04 Å². The summed E-state index contributed by atoms with van der Waals surface area (Å²) in [4.78, 5) is 30.5. The Bertz CT molecular complexity index is 821. The average Bonchev–Trinajstić information content (AvgIpc) is 3.41. The number of benzene rings is 1. The van der Waals surface area contributed by atoms with Crippen molar-refractivity contribution in [3.05, 3.63) is 42.5 Å². The topological polar surface area (TPSA) is 85.7 Å². The molecule has 3 heterocycles. The minimum Gasteiger partial charge on any atom is -0.454 e. The summed E-state index contributed by atoms with van der Waals surface area (Å²) in [5, 5.41) is 2.95. The van der Waals surface area contributed by atoms with E-state index in [9.17, 15) is 9.59 Å². The van der Waals surface area contributed by atoms with Crippen molar-refractivity contribution in [2.75, 3.05) is 13.3 Å². The van der Waals surface area contributed by atoms with Crippen LogP contribution >= 0.6 is 0 Å². The number of aromatic nitrogens is 2. The van der Waals surface area contributed by atoms with Gasteiger partial charge in [-0.15, -0.1) is 0 Å². The first-order chi connectivity index (χ1) is 13.2. The summed E-state index contributed by atoms with van der Waals surface area (Å²) in [7, 11) is 0. The molecule has 142 valence electrons. The van der Waals surface area contributed by atoms with Crippen molar-refractivity contribution in [2.24, 2.45) is 0 Å². The Morgan fingerprint density at radius 2 is 2.19 bits per heavy atom. The molecule has 1 aromatic carbocycles.